The van der Waals surface area contributed by atoms with Crippen LogP contribution in [0.5, 0.6) is 0 Å². The molecule has 0 aliphatic carbocycles. The van der Waals surface area contributed by atoms with Crippen LogP contribution < -0.4 is 5.56 Å². The highest BCUT2D eigenvalue weighted by Gasteiger charge is 2.22. The van der Waals surface area contributed by atoms with Crippen LogP contribution in [-0.4, -0.2) is 64.7 Å². The van der Waals surface area contributed by atoms with Crippen molar-refractivity contribution < 1.29 is 4.79 Å². The van der Waals surface area contributed by atoms with Gasteiger partial charge in [0.05, 0.1) is 16.7 Å². The van der Waals surface area contributed by atoms with Crippen LogP contribution >= 0.6 is 11.8 Å². The summed E-state index contributed by atoms with van der Waals surface area (Å²) in [6.45, 7) is 5.37. The quantitative estimate of drug-likeness (QED) is 0.526. The summed E-state index contributed by atoms with van der Waals surface area (Å²) in [6, 6.07) is 7.43. The summed E-state index contributed by atoms with van der Waals surface area (Å²) < 4.78 is 1.74. The van der Waals surface area contributed by atoms with E-state index in [9.17, 15) is 9.59 Å². The van der Waals surface area contributed by atoms with E-state index in [1.807, 2.05) is 43.3 Å². The second-order valence-electron chi connectivity index (χ2n) is 7.90. The maximum absolute atomic E-state index is 13.0. The molecule has 1 aromatic carbocycles. The predicted octanol–water partition coefficient (Wildman–Crippen LogP) is 2.70. The van der Waals surface area contributed by atoms with Gasteiger partial charge >= 0.3 is 0 Å². The molecule has 6 nitrogen and oxygen atoms in total. The molecule has 152 valence electrons. The number of para-hydroxylation sites is 1. The second-order valence-corrected chi connectivity index (χ2v) is 8.84. The first-order chi connectivity index (χ1) is 13.5. The van der Waals surface area contributed by atoms with E-state index in [-0.39, 0.29) is 11.5 Å². The van der Waals surface area contributed by atoms with E-state index in [1.54, 1.807) is 4.57 Å². The van der Waals surface area contributed by atoms with Gasteiger partial charge in [-0.1, -0.05) is 30.8 Å². The Balaban J connectivity index is 1.79. The Labute approximate surface area is 170 Å². The molecular weight excluding hydrogens is 372 g/mol. The molecule has 2 aromatic rings. The minimum Gasteiger partial charge on any atom is -0.342 e. The molecule has 28 heavy (non-hydrogen) atoms. The Bertz CT molecular complexity index is 880. The van der Waals surface area contributed by atoms with E-state index in [4.69, 9.17) is 4.98 Å². The molecule has 0 spiro atoms. The van der Waals surface area contributed by atoms with Gasteiger partial charge in [-0.15, -0.1) is 0 Å². The molecular formula is C21H30N4O2S. The third-order valence-electron chi connectivity index (χ3n) is 5.15. The number of thioether (sulfide) groups is 1. The Morgan fingerprint density at radius 3 is 2.86 bits per heavy atom. The van der Waals surface area contributed by atoms with Crippen LogP contribution in [-0.2, 0) is 11.3 Å². The number of likely N-dealkylation sites (tertiary alicyclic amines) is 1. The number of nitrogens with zero attached hydrogens (tertiary/aromatic N) is 4. The van der Waals surface area contributed by atoms with E-state index in [0.29, 0.717) is 34.3 Å². The summed E-state index contributed by atoms with van der Waals surface area (Å²) in [6.07, 6.45) is 3.12. The average Bonchev–Trinajstić information content (AvgIpc) is 2.68. The molecule has 0 saturated carbocycles. The number of carbonyl (C=O) groups excluding carboxylic acids is 1. The molecule has 1 atom stereocenters. The van der Waals surface area contributed by atoms with Crippen molar-refractivity contribution in [1.29, 1.82) is 0 Å². The van der Waals surface area contributed by atoms with Gasteiger partial charge < -0.3 is 9.80 Å². The molecule has 0 bridgehead atoms. The fourth-order valence-electron chi connectivity index (χ4n) is 3.63. The fraction of sp³-hybridized carbons (Fsp3) is 0.571. The summed E-state index contributed by atoms with van der Waals surface area (Å²) in [5, 5.41) is 1.27. The first kappa shape index (κ1) is 20.9. The molecule has 1 saturated heterocycles. The predicted molar refractivity (Wildman–Crippen MR) is 115 cm³/mol. The van der Waals surface area contributed by atoms with E-state index in [2.05, 4.69) is 11.8 Å². The second kappa shape index (κ2) is 9.56. The third-order valence-corrected chi connectivity index (χ3v) is 6.11. The minimum absolute atomic E-state index is 0.0223. The number of amides is 1. The van der Waals surface area contributed by atoms with Gasteiger partial charge in [-0.2, -0.15) is 0 Å². The zero-order valence-corrected chi connectivity index (χ0v) is 17.9. The lowest BCUT2D eigenvalue weighted by Gasteiger charge is -2.30. The monoisotopic (exact) mass is 402 g/mol. The van der Waals surface area contributed by atoms with Gasteiger partial charge in [-0.05, 0) is 58.0 Å². The lowest BCUT2D eigenvalue weighted by Crippen LogP contribution is -2.40. The molecule has 1 fully saturated rings. The molecule has 3 rings (SSSR count). The smallest absolute Gasteiger partial charge is 0.262 e. The minimum atomic E-state index is -0.0223. The molecule has 7 heteroatoms. The zero-order chi connectivity index (χ0) is 20.1. The highest BCUT2D eigenvalue weighted by Crippen LogP contribution is 2.21. The van der Waals surface area contributed by atoms with Crippen molar-refractivity contribution in [2.24, 2.45) is 5.92 Å². The average molecular weight is 403 g/mol. The van der Waals surface area contributed by atoms with Crippen molar-refractivity contribution in [3.63, 3.8) is 0 Å². The maximum atomic E-state index is 13.0. The largest absolute Gasteiger partial charge is 0.342 e. The van der Waals surface area contributed by atoms with E-state index in [1.165, 1.54) is 18.2 Å². The standard InChI is InChI=1S/C21H30N4O2S/c1-16-8-6-12-24(14-16)19(26)15-28-21-22-18-10-5-4-9-17(18)20(27)25(21)13-7-11-23(2)3/h4-5,9-10,16H,6-8,11-15H2,1-3H3/t16-/m1/s1. The lowest BCUT2D eigenvalue weighted by molar-refractivity contribution is -0.130. The van der Waals surface area contributed by atoms with Crippen molar-refractivity contribution in [1.82, 2.24) is 19.4 Å². The van der Waals surface area contributed by atoms with Gasteiger partial charge in [-0.3, -0.25) is 14.2 Å². The van der Waals surface area contributed by atoms with Crippen LogP contribution in [0.25, 0.3) is 10.9 Å². The summed E-state index contributed by atoms with van der Waals surface area (Å²) in [5.41, 5.74) is 0.670. The molecule has 1 aliphatic rings. The summed E-state index contributed by atoms with van der Waals surface area (Å²) in [5.74, 6) is 1.02. The van der Waals surface area contributed by atoms with Crippen LogP contribution in [0.15, 0.2) is 34.2 Å². The first-order valence-electron chi connectivity index (χ1n) is 10.0. The van der Waals surface area contributed by atoms with Gasteiger partial charge in [0.1, 0.15) is 0 Å². The number of aromatic nitrogens is 2. The SMILES string of the molecule is C[C@@H]1CCCN(C(=O)CSc2nc3ccccc3c(=O)n2CCCN(C)C)C1. The molecule has 2 heterocycles. The van der Waals surface area contributed by atoms with Gasteiger partial charge in [0.25, 0.3) is 5.56 Å². The Morgan fingerprint density at radius 1 is 1.32 bits per heavy atom. The molecule has 0 N–H and O–H groups in total. The van der Waals surface area contributed by atoms with Crippen molar-refractivity contribution in [3.8, 4) is 0 Å². The third kappa shape index (κ3) is 5.14. The van der Waals surface area contributed by atoms with Crippen LogP contribution in [0.4, 0.5) is 0 Å². The molecule has 1 aliphatic heterocycles. The molecule has 0 unspecified atom stereocenters. The maximum Gasteiger partial charge on any atom is 0.262 e. The summed E-state index contributed by atoms with van der Waals surface area (Å²) >= 11 is 1.38. The highest BCUT2D eigenvalue weighted by molar-refractivity contribution is 7.99. The summed E-state index contributed by atoms with van der Waals surface area (Å²) in [4.78, 5) is 34.4. The highest BCUT2D eigenvalue weighted by atomic mass is 32.2. The Hall–Kier alpha value is -1.86. The summed E-state index contributed by atoms with van der Waals surface area (Å²) in [7, 11) is 4.05. The molecule has 0 radical (unpaired) electrons. The van der Waals surface area contributed by atoms with Crippen LogP contribution in [0.2, 0.25) is 0 Å². The van der Waals surface area contributed by atoms with E-state index >= 15 is 0 Å². The number of hydrogen-bond acceptors (Lipinski definition) is 5. The topological polar surface area (TPSA) is 58.4 Å². The number of hydrogen-bond donors (Lipinski definition) is 0. The molecule has 1 aromatic heterocycles. The van der Waals surface area contributed by atoms with E-state index < -0.39 is 0 Å². The lowest BCUT2D eigenvalue weighted by atomic mass is 10.0. The number of rotatable bonds is 7. The van der Waals surface area contributed by atoms with E-state index in [0.717, 1.165) is 32.5 Å². The Kier molecular flexibility index (Phi) is 7.13. The number of piperidine rings is 1. The van der Waals surface area contributed by atoms with Gasteiger partial charge in [-0.25, -0.2) is 4.98 Å². The number of carbonyl (C=O) groups is 1. The van der Waals surface area contributed by atoms with Crippen LogP contribution in [0.1, 0.15) is 26.2 Å². The number of fused-ring (bicyclic) bond motifs is 1. The normalized spacial score (nSPS) is 17.4. The fourth-order valence-corrected chi connectivity index (χ4v) is 4.56. The van der Waals surface area contributed by atoms with Crippen molar-refractivity contribution in [2.75, 3.05) is 39.5 Å². The van der Waals surface area contributed by atoms with Gasteiger partial charge in [0.2, 0.25) is 5.91 Å². The van der Waals surface area contributed by atoms with Crippen molar-refractivity contribution in [3.05, 3.63) is 34.6 Å². The Morgan fingerprint density at radius 2 is 2.11 bits per heavy atom. The van der Waals surface area contributed by atoms with Crippen LogP contribution in [0.3, 0.4) is 0 Å². The van der Waals surface area contributed by atoms with Gasteiger partial charge in [0, 0.05) is 19.6 Å². The van der Waals surface area contributed by atoms with Gasteiger partial charge in [0.15, 0.2) is 5.16 Å². The zero-order valence-electron chi connectivity index (χ0n) is 17.1. The van der Waals surface area contributed by atoms with Crippen molar-refractivity contribution >= 4 is 28.6 Å². The molecule has 1 amide bonds. The van der Waals surface area contributed by atoms with Crippen molar-refractivity contribution in [2.45, 2.75) is 37.9 Å². The first-order valence-corrected chi connectivity index (χ1v) is 11.0. The number of benzene rings is 1. The van der Waals surface area contributed by atoms with Crippen LogP contribution in [0, 0.1) is 5.92 Å².